The summed E-state index contributed by atoms with van der Waals surface area (Å²) in [5.41, 5.74) is 1.68. The fraction of sp³-hybridized carbons (Fsp3) is 0.357. The normalized spacial score (nSPS) is 16.4. The zero-order valence-corrected chi connectivity index (χ0v) is 13.0. The molecule has 21 heavy (non-hydrogen) atoms. The second-order valence-corrected chi connectivity index (χ2v) is 6.17. The molecule has 0 spiro atoms. The van der Waals surface area contributed by atoms with E-state index in [4.69, 9.17) is 0 Å². The maximum absolute atomic E-state index is 12.3. The van der Waals surface area contributed by atoms with E-state index in [-0.39, 0.29) is 18.2 Å². The third kappa shape index (κ3) is 3.36. The van der Waals surface area contributed by atoms with E-state index in [0.717, 1.165) is 5.56 Å². The minimum absolute atomic E-state index is 0.113. The molecule has 1 aliphatic heterocycles. The molecule has 112 valence electrons. The third-order valence-electron chi connectivity index (χ3n) is 3.25. The lowest BCUT2D eigenvalue weighted by atomic mass is 10.1. The van der Waals surface area contributed by atoms with Crippen LogP contribution in [0.25, 0.3) is 0 Å². The Hall–Kier alpha value is -2.02. The van der Waals surface area contributed by atoms with Crippen LogP contribution in [0.4, 0.5) is 5.69 Å². The maximum atomic E-state index is 12.3. The van der Waals surface area contributed by atoms with Gasteiger partial charge in [0.05, 0.1) is 21.4 Å². The van der Waals surface area contributed by atoms with Crippen molar-refractivity contribution in [1.82, 2.24) is 5.01 Å². The number of carbonyl (C=O) groups excluding carboxylic acids is 2. The van der Waals surface area contributed by atoms with Gasteiger partial charge in [0.2, 0.25) is 5.91 Å². The van der Waals surface area contributed by atoms with Crippen LogP contribution in [0.1, 0.15) is 18.4 Å². The van der Waals surface area contributed by atoms with Gasteiger partial charge in [-0.25, -0.2) is 5.01 Å². The number of hydrogen-bond acceptors (Lipinski definition) is 4. The van der Waals surface area contributed by atoms with Crippen molar-refractivity contribution >= 4 is 34.0 Å². The molecule has 7 heteroatoms. The van der Waals surface area contributed by atoms with Gasteiger partial charge >= 0.3 is 0 Å². The first-order valence-corrected chi connectivity index (χ1v) is 8.04. The van der Waals surface area contributed by atoms with Crippen LogP contribution in [0, 0.1) is 6.92 Å². The van der Waals surface area contributed by atoms with Gasteiger partial charge in [-0.1, -0.05) is 12.1 Å². The molecule has 2 amide bonds. The number of hydrazone groups is 1. The number of amides is 2. The fourth-order valence-corrected chi connectivity index (χ4v) is 2.83. The summed E-state index contributed by atoms with van der Waals surface area (Å²) in [6, 6.07) is 5.35. The average molecular weight is 307 g/mol. The van der Waals surface area contributed by atoms with E-state index in [0.29, 0.717) is 22.7 Å². The lowest BCUT2D eigenvalue weighted by molar-refractivity contribution is -0.130. The van der Waals surface area contributed by atoms with Gasteiger partial charge in [0.15, 0.2) is 0 Å². The Balaban J connectivity index is 2.27. The lowest BCUT2D eigenvalue weighted by Gasteiger charge is -2.19. The van der Waals surface area contributed by atoms with Crippen molar-refractivity contribution in [3.63, 3.8) is 0 Å². The van der Waals surface area contributed by atoms with Crippen molar-refractivity contribution in [2.24, 2.45) is 5.10 Å². The van der Waals surface area contributed by atoms with Crippen molar-refractivity contribution in [3.8, 4) is 0 Å². The van der Waals surface area contributed by atoms with E-state index in [9.17, 15) is 13.8 Å². The van der Waals surface area contributed by atoms with E-state index in [1.807, 2.05) is 13.0 Å². The van der Waals surface area contributed by atoms with Gasteiger partial charge in [0, 0.05) is 26.1 Å². The average Bonchev–Trinajstić information content (AvgIpc) is 2.43. The summed E-state index contributed by atoms with van der Waals surface area (Å²) in [4.78, 5) is 24.2. The number of benzene rings is 1. The van der Waals surface area contributed by atoms with Gasteiger partial charge in [-0.05, 0) is 18.6 Å². The van der Waals surface area contributed by atoms with E-state index in [1.165, 1.54) is 12.1 Å². The lowest BCUT2D eigenvalue weighted by Crippen LogP contribution is -2.34. The number of rotatable bonds is 3. The van der Waals surface area contributed by atoms with E-state index < -0.39 is 10.8 Å². The first-order chi connectivity index (χ1) is 9.90. The largest absolute Gasteiger partial charge is 0.320 e. The molecule has 0 saturated carbocycles. The van der Waals surface area contributed by atoms with E-state index in [1.54, 1.807) is 18.4 Å². The highest BCUT2D eigenvalue weighted by atomic mass is 32.2. The minimum atomic E-state index is -1.20. The molecular weight excluding hydrogens is 290 g/mol. The zero-order chi connectivity index (χ0) is 15.6. The Morgan fingerprint density at radius 2 is 2.10 bits per heavy atom. The van der Waals surface area contributed by atoms with Gasteiger partial charge in [0.25, 0.3) is 5.91 Å². The molecule has 1 heterocycles. The van der Waals surface area contributed by atoms with Crippen molar-refractivity contribution < 1.29 is 13.8 Å². The molecule has 0 bridgehead atoms. The topological polar surface area (TPSA) is 78.8 Å². The van der Waals surface area contributed by atoms with Crippen molar-refractivity contribution in [1.29, 1.82) is 0 Å². The molecule has 0 aromatic heterocycles. The van der Waals surface area contributed by atoms with Gasteiger partial charge in [-0.3, -0.25) is 13.8 Å². The molecule has 0 aliphatic carbocycles. The van der Waals surface area contributed by atoms with Crippen LogP contribution >= 0.6 is 0 Å². The first kappa shape index (κ1) is 15.4. The predicted molar refractivity (Wildman–Crippen MR) is 81.6 cm³/mol. The maximum Gasteiger partial charge on any atom is 0.271 e. The van der Waals surface area contributed by atoms with E-state index >= 15 is 0 Å². The van der Waals surface area contributed by atoms with Crippen LogP contribution in [0.5, 0.6) is 0 Å². The molecule has 6 nitrogen and oxygen atoms in total. The summed E-state index contributed by atoms with van der Waals surface area (Å²) in [5, 5.41) is 7.92. The fourth-order valence-electron chi connectivity index (χ4n) is 2.06. The Morgan fingerprint density at radius 1 is 1.38 bits per heavy atom. The van der Waals surface area contributed by atoms with Gasteiger partial charge in [-0.2, -0.15) is 5.10 Å². The summed E-state index contributed by atoms with van der Waals surface area (Å²) < 4.78 is 11.7. The second-order valence-electron chi connectivity index (χ2n) is 4.82. The molecule has 2 rings (SSSR count). The summed E-state index contributed by atoms with van der Waals surface area (Å²) in [6.07, 6.45) is 2.14. The summed E-state index contributed by atoms with van der Waals surface area (Å²) in [6.45, 7) is 1.84. The van der Waals surface area contributed by atoms with Crippen molar-refractivity contribution in [2.45, 2.75) is 24.7 Å². The molecule has 1 aliphatic rings. The molecule has 1 aromatic rings. The van der Waals surface area contributed by atoms with E-state index in [2.05, 4.69) is 10.4 Å². The van der Waals surface area contributed by atoms with Crippen LogP contribution in [0.2, 0.25) is 0 Å². The highest BCUT2D eigenvalue weighted by Crippen LogP contribution is 2.23. The molecule has 1 atom stereocenters. The predicted octanol–water partition coefficient (Wildman–Crippen LogP) is 1.28. The van der Waals surface area contributed by atoms with Gasteiger partial charge in [0.1, 0.15) is 5.71 Å². The van der Waals surface area contributed by atoms with Crippen LogP contribution < -0.4 is 5.32 Å². The van der Waals surface area contributed by atoms with Crippen LogP contribution in [0.3, 0.4) is 0 Å². The van der Waals surface area contributed by atoms with Gasteiger partial charge in [-0.15, -0.1) is 0 Å². The van der Waals surface area contributed by atoms with Crippen molar-refractivity contribution in [2.75, 3.05) is 18.6 Å². The SMILES string of the molecule is Cc1cccc(S(C)=O)c1NC(=O)C1=NN(C)C(=O)CC1. The second kappa shape index (κ2) is 6.17. The van der Waals surface area contributed by atoms with Crippen LogP contribution in [0.15, 0.2) is 28.2 Å². The van der Waals surface area contributed by atoms with Crippen LogP contribution in [-0.4, -0.2) is 40.0 Å². The number of para-hydroxylation sites is 1. The summed E-state index contributed by atoms with van der Waals surface area (Å²) in [5.74, 6) is -0.479. The molecular formula is C14H17N3O3S. The molecule has 1 unspecified atom stereocenters. The highest BCUT2D eigenvalue weighted by molar-refractivity contribution is 7.84. The smallest absolute Gasteiger partial charge is 0.271 e. The molecule has 1 N–H and O–H groups in total. The first-order valence-electron chi connectivity index (χ1n) is 6.48. The van der Waals surface area contributed by atoms with Crippen molar-refractivity contribution in [3.05, 3.63) is 23.8 Å². The quantitative estimate of drug-likeness (QED) is 0.913. The third-order valence-corrected chi connectivity index (χ3v) is 4.21. The Kier molecular flexibility index (Phi) is 4.52. The number of nitrogens with one attached hydrogen (secondary N) is 1. The zero-order valence-electron chi connectivity index (χ0n) is 12.2. The Labute approximate surface area is 125 Å². The van der Waals surface area contributed by atoms with Gasteiger partial charge < -0.3 is 5.32 Å². The molecule has 0 saturated heterocycles. The van der Waals surface area contributed by atoms with Crippen LogP contribution in [-0.2, 0) is 20.4 Å². The molecule has 0 radical (unpaired) electrons. The summed E-state index contributed by atoms with van der Waals surface area (Å²) in [7, 11) is 0.319. The number of anilines is 1. The number of aryl methyl sites for hydroxylation is 1. The Morgan fingerprint density at radius 3 is 2.71 bits per heavy atom. The number of hydrogen-bond donors (Lipinski definition) is 1. The monoisotopic (exact) mass is 307 g/mol. The number of nitrogens with zero attached hydrogens (tertiary/aromatic N) is 2. The highest BCUT2D eigenvalue weighted by Gasteiger charge is 2.23. The summed E-state index contributed by atoms with van der Waals surface area (Å²) >= 11 is 0. The molecule has 0 fully saturated rings. The number of carbonyl (C=O) groups is 2. The molecule has 1 aromatic carbocycles. The standard InChI is InChI=1S/C14H17N3O3S/c1-9-5-4-6-11(21(3)20)13(9)15-14(19)10-7-8-12(18)17(2)16-10/h4-6H,7-8H2,1-3H3,(H,15,19). The Bertz CT molecular complexity index is 655. The minimum Gasteiger partial charge on any atom is -0.320 e.